The second-order valence-corrected chi connectivity index (χ2v) is 6.57. The number of nitrogens with one attached hydrogen (secondary N) is 2. The number of hydrogen-bond donors (Lipinski definition) is 2. The third-order valence-corrected chi connectivity index (χ3v) is 4.79. The van der Waals surface area contributed by atoms with E-state index in [1.807, 2.05) is 24.3 Å². The molecule has 5 rings (SSSR count). The summed E-state index contributed by atoms with van der Waals surface area (Å²) in [6.45, 7) is 0. The molecule has 3 heterocycles. The Kier molecular flexibility index (Phi) is 3.87. The Labute approximate surface area is 163 Å². The minimum atomic E-state index is -0.399. The van der Waals surface area contributed by atoms with Crippen molar-refractivity contribution < 1.29 is 4.39 Å². The van der Waals surface area contributed by atoms with E-state index in [9.17, 15) is 4.39 Å². The number of para-hydroxylation sites is 1. The van der Waals surface area contributed by atoms with Crippen LogP contribution in [0.5, 0.6) is 0 Å². The average molecular weight is 391 g/mol. The van der Waals surface area contributed by atoms with Crippen LogP contribution in [0.3, 0.4) is 0 Å². The Bertz CT molecular complexity index is 1320. The summed E-state index contributed by atoms with van der Waals surface area (Å²) in [7, 11) is 0. The predicted octanol–water partition coefficient (Wildman–Crippen LogP) is 5.10. The molecule has 3 aromatic heterocycles. The Morgan fingerprint density at radius 3 is 2.79 bits per heavy atom. The van der Waals surface area contributed by atoms with Gasteiger partial charge in [0.15, 0.2) is 5.82 Å². The number of aromatic amines is 1. The molecule has 0 fully saturated rings. The van der Waals surface area contributed by atoms with Crippen molar-refractivity contribution in [2.45, 2.75) is 0 Å². The second-order valence-electron chi connectivity index (χ2n) is 6.17. The van der Waals surface area contributed by atoms with Gasteiger partial charge in [-0.25, -0.2) is 14.4 Å². The summed E-state index contributed by atoms with van der Waals surface area (Å²) in [5, 5.41) is 13.0. The summed E-state index contributed by atoms with van der Waals surface area (Å²) in [6.07, 6.45) is 4.95. The molecule has 0 amide bonds. The fraction of sp³-hybridized carbons (Fsp3) is 0. The molecule has 6 nitrogen and oxygen atoms in total. The smallest absolute Gasteiger partial charge is 0.157 e. The number of anilines is 2. The van der Waals surface area contributed by atoms with Gasteiger partial charge >= 0.3 is 0 Å². The summed E-state index contributed by atoms with van der Waals surface area (Å²) in [5.41, 5.74) is 2.11. The number of H-pyrrole nitrogens is 1. The summed E-state index contributed by atoms with van der Waals surface area (Å²) in [5.74, 6) is 0.807. The number of hydrogen-bond acceptors (Lipinski definition) is 5. The van der Waals surface area contributed by atoms with Crippen molar-refractivity contribution in [3.63, 3.8) is 0 Å². The van der Waals surface area contributed by atoms with Crippen LogP contribution >= 0.6 is 11.6 Å². The van der Waals surface area contributed by atoms with E-state index in [0.717, 1.165) is 27.2 Å². The van der Waals surface area contributed by atoms with Gasteiger partial charge in [-0.2, -0.15) is 5.10 Å². The number of rotatable bonds is 3. The molecule has 5 aromatic rings. The molecule has 0 radical (unpaired) electrons. The van der Waals surface area contributed by atoms with E-state index in [2.05, 4.69) is 25.5 Å². The Balaban J connectivity index is 1.79. The van der Waals surface area contributed by atoms with E-state index in [-0.39, 0.29) is 5.02 Å². The molecular weight excluding hydrogens is 379 g/mol. The summed E-state index contributed by atoms with van der Waals surface area (Å²) in [6, 6.07) is 11.9. The molecule has 0 aliphatic carbocycles. The molecule has 28 heavy (non-hydrogen) atoms. The molecular formula is C20H12ClFN6. The maximum atomic E-state index is 13.4. The van der Waals surface area contributed by atoms with Crippen molar-refractivity contribution in [3.05, 3.63) is 72.0 Å². The van der Waals surface area contributed by atoms with Crippen LogP contribution in [0, 0.1) is 5.82 Å². The third-order valence-electron chi connectivity index (χ3n) is 4.48. The zero-order valence-corrected chi connectivity index (χ0v) is 15.1. The zero-order valence-electron chi connectivity index (χ0n) is 14.3. The minimum absolute atomic E-state index is 0.271. The van der Waals surface area contributed by atoms with Crippen LogP contribution in [-0.2, 0) is 0 Å². The number of aromatic nitrogens is 5. The molecule has 0 saturated carbocycles. The van der Waals surface area contributed by atoms with Crippen molar-refractivity contribution in [1.82, 2.24) is 25.1 Å². The molecule has 136 valence electrons. The number of pyridine rings is 2. The van der Waals surface area contributed by atoms with Gasteiger partial charge in [0, 0.05) is 34.1 Å². The van der Waals surface area contributed by atoms with Crippen molar-refractivity contribution in [2.24, 2.45) is 0 Å². The summed E-state index contributed by atoms with van der Waals surface area (Å²) in [4.78, 5) is 13.4. The Morgan fingerprint density at radius 2 is 1.96 bits per heavy atom. The molecule has 0 aliphatic rings. The van der Waals surface area contributed by atoms with Crippen molar-refractivity contribution in [1.29, 1.82) is 0 Å². The Hall–Kier alpha value is -3.58. The van der Waals surface area contributed by atoms with Crippen LogP contribution in [-0.4, -0.2) is 25.1 Å². The van der Waals surface area contributed by atoms with E-state index in [1.165, 1.54) is 18.5 Å². The zero-order chi connectivity index (χ0) is 19.1. The first-order valence-electron chi connectivity index (χ1n) is 8.45. The lowest BCUT2D eigenvalue weighted by Gasteiger charge is -2.14. The van der Waals surface area contributed by atoms with Gasteiger partial charge in [-0.1, -0.05) is 23.7 Å². The minimum Gasteiger partial charge on any atom is -0.338 e. The predicted molar refractivity (Wildman–Crippen MR) is 107 cm³/mol. The van der Waals surface area contributed by atoms with E-state index in [4.69, 9.17) is 16.6 Å². The number of benzene rings is 2. The van der Waals surface area contributed by atoms with Gasteiger partial charge in [0.05, 0.1) is 16.2 Å². The molecule has 2 N–H and O–H groups in total. The first-order chi connectivity index (χ1) is 13.7. The van der Waals surface area contributed by atoms with Crippen LogP contribution in [0.25, 0.3) is 33.1 Å². The number of halogens is 2. The normalized spacial score (nSPS) is 11.2. The fourth-order valence-electron chi connectivity index (χ4n) is 3.21. The number of nitrogens with zero attached hydrogens (tertiary/aromatic N) is 4. The maximum Gasteiger partial charge on any atom is 0.157 e. The lowest BCUT2D eigenvalue weighted by molar-refractivity contribution is 0.628. The fourth-order valence-corrected chi connectivity index (χ4v) is 3.42. The lowest BCUT2D eigenvalue weighted by Crippen LogP contribution is -1.98. The third kappa shape index (κ3) is 2.73. The summed E-state index contributed by atoms with van der Waals surface area (Å²) >= 11 is 6.20. The van der Waals surface area contributed by atoms with Gasteiger partial charge in [-0.05, 0) is 30.3 Å². The second kappa shape index (κ2) is 6.54. The van der Waals surface area contributed by atoms with Gasteiger partial charge in [0.2, 0.25) is 0 Å². The van der Waals surface area contributed by atoms with Crippen LogP contribution in [0.4, 0.5) is 15.9 Å². The SMILES string of the molecule is Fc1ccc(Nc2nc3c(-c4ncn[nH]4)cccc3c3cnccc23)c(Cl)c1. The highest BCUT2D eigenvalue weighted by molar-refractivity contribution is 6.33. The molecule has 0 aliphatic heterocycles. The summed E-state index contributed by atoms with van der Waals surface area (Å²) < 4.78 is 13.4. The van der Waals surface area contributed by atoms with Crippen molar-refractivity contribution in [3.8, 4) is 11.4 Å². The van der Waals surface area contributed by atoms with Crippen molar-refractivity contribution in [2.75, 3.05) is 5.32 Å². The quantitative estimate of drug-likeness (QED) is 0.419. The first-order valence-corrected chi connectivity index (χ1v) is 8.83. The molecule has 0 bridgehead atoms. The largest absolute Gasteiger partial charge is 0.338 e. The molecule has 0 atom stereocenters. The molecule has 0 saturated heterocycles. The van der Waals surface area contributed by atoms with E-state index in [0.29, 0.717) is 17.3 Å². The topological polar surface area (TPSA) is 79.4 Å². The maximum absolute atomic E-state index is 13.4. The molecule has 0 spiro atoms. The van der Waals surface area contributed by atoms with Gasteiger partial charge in [0.1, 0.15) is 18.0 Å². The average Bonchev–Trinajstić information content (AvgIpc) is 3.24. The van der Waals surface area contributed by atoms with E-state index < -0.39 is 5.82 Å². The first kappa shape index (κ1) is 16.6. The molecule has 8 heteroatoms. The molecule has 2 aromatic carbocycles. The van der Waals surface area contributed by atoms with Crippen LogP contribution < -0.4 is 5.32 Å². The van der Waals surface area contributed by atoms with Crippen LogP contribution in [0.1, 0.15) is 0 Å². The van der Waals surface area contributed by atoms with Gasteiger partial charge in [-0.15, -0.1) is 0 Å². The van der Waals surface area contributed by atoms with E-state index in [1.54, 1.807) is 18.5 Å². The van der Waals surface area contributed by atoms with Gasteiger partial charge < -0.3 is 5.32 Å². The highest BCUT2D eigenvalue weighted by atomic mass is 35.5. The highest BCUT2D eigenvalue weighted by Crippen LogP contribution is 2.35. The van der Waals surface area contributed by atoms with Crippen LogP contribution in [0.15, 0.2) is 61.2 Å². The highest BCUT2D eigenvalue weighted by Gasteiger charge is 2.14. The monoisotopic (exact) mass is 390 g/mol. The van der Waals surface area contributed by atoms with Crippen molar-refractivity contribution >= 4 is 44.8 Å². The standard InChI is InChI=1S/C20H12ClFN6/c21-16-8-11(22)4-5-17(16)26-20-13-6-7-23-9-15(13)12-2-1-3-14(18(12)27-20)19-24-10-25-28-19/h1-10H,(H,26,27)(H,24,25,28). The lowest BCUT2D eigenvalue weighted by atomic mass is 10.0. The van der Waals surface area contributed by atoms with Gasteiger partial charge in [-0.3, -0.25) is 10.1 Å². The molecule has 0 unspecified atom stereocenters. The van der Waals surface area contributed by atoms with E-state index >= 15 is 0 Å². The van der Waals surface area contributed by atoms with Gasteiger partial charge in [0.25, 0.3) is 0 Å². The Morgan fingerprint density at radius 1 is 1.04 bits per heavy atom. The number of fused-ring (bicyclic) bond motifs is 3. The van der Waals surface area contributed by atoms with Crippen LogP contribution in [0.2, 0.25) is 5.02 Å².